The molecule has 0 atom stereocenters. The number of alkyl halides is 3. The minimum atomic E-state index is -4.50. The van der Waals surface area contributed by atoms with Gasteiger partial charge in [0.05, 0.1) is 12.2 Å². The third-order valence-corrected chi connectivity index (χ3v) is 5.04. The molecule has 0 N–H and O–H groups in total. The molecule has 13 heteroatoms. The molecule has 0 unspecified atom stereocenters. The van der Waals surface area contributed by atoms with Crippen LogP contribution in [-0.2, 0) is 12.7 Å². The quantitative estimate of drug-likeness (QED) is 0.361. The molecule has 0 aliphatic rings. The van der Waals surface area contributed by atoms with Gasteiger partial charge in [0, 0.05) is 5.56 Å². The number of ether oxygens (including phenoxy) is 1. The van der Waals surface area contributed by atoms with E-state index in [0.717, 1.165) is 12.1 Å². The highest BCUT2D eigenvalue weighted by molar-refractivity contribution is 5.71. The Morgan fingerprint density at radius 3 is 2.74 bits per heavy atom. The number of nitrogens with zero attached hydrogens (tertiary/aromatic N) is 7. The predicted octanol–water partition coefficient (Wildman–Crippen LogP) is 3.49. The standard InChI is InChI=1S/C22H16F3N7O3/c1-2-34-16-9-4-3-8-15(16)32-20-18(28-30-32)21(33)31(12-26-20)11-17-27-19(29-35-17)13-6-5-7-14(10-13)22(23,24)25/h3-10,12H,2,11H2,1H3. The fraction of sp³-hybridized carbons (Fsp3) is 0.182. The Kier molecular flexibility index (Phi) is 5.51. The van der Waals surface area contributed by atoms with E-state index < -0.39 is 17.3 Å². The summed E-state index contributed by atoms with van der Waals surface area (Å²) < 4.78 is 52.3. The number of aromatic nitrogens is 7. The van der Waals surface area contributed by atoms with Gasteiger partial charge >= 0.3 is 6.18 Å². The lowest BCUT2D eigenvalue weighted by molar-refractivity contribution is -0.137. The fourth-order valence-electron chi connectivity index (χ4n) is 3.45. The molecule has 2 aromatic carbocycles. The molecule has 0 saturated heterocycles. The topological polar surface area (TPSA) is 114 Å². The van der Waals surface area contributed by atoms with E-state index in [1.165, 1.54) is 27.7 Å². The highest BCUT2D eigenvalue weighted by Gasteiger charge is 2.30. The Labute approximate surface area is 194 Å². The van der Waals surface area contributed by atoms with Gasteiger partial charge < -0.3 is 9.26 Å². The largest absolute Gasteiger partial charge is 0.492 e. The van der Waals surface area contributed by atoms with E-state index in [4.69, 9.17) is 9.26 Å². The third kappa shape index (κ3) is 4.23. The summed E-state index contributed by atoms with van der Waals surface area (Å²) in [4.78, 5) is 21.4. The zero-order chi connectivity index (χ0) is 24.6. The first-order chi connectivity index (χ1) is 16.8. The molecular weight excluding hydrogens is 467 g/mol. The van der Waals surface area contributed by atoms with Crippen molar-refractivity contribution in [2.24, 2.45) is 0 Å². The van der Waals surface area contributed by atoms with E-state index in [-0.39, 0.29) is 35.0 Å². The summed E-state index contributed by atoms with van der Waals surface area (Å²) in [5.41, 5.74) is -0.393. The summed E-state index contributed by atoms with van der Waals surface area (Å²) in [7, 11) is 0. The van der Waals surface area contributed by atoms with Crippen molar-refractivity contribution in [2.75, 3.05) is 6.61 Å². The SMILES string of the molecule is CCOc1ccccc1-n1nnc2c(=O)n(Cc3nc(-c4cccc(C(F)(F)F)c4)no3)cnc21. The van der Waals surface area contributed by atoms with Crippen LogP contribution in [0.4, 0.5) is 13.2 Å². The van der Waals surface area contributed by atoms with Crippen LogP contribution in [0.2, 0.25) is 0 Å². The monoisotopic (exact) mass is 483 g/mol. The molecular formula is C22H16F3N7O3. The van der Waals surface area contributed by atoms with Crippen molar-refractivity contribution in [2.45, 2.75) is 19.6 Å². The summed E-state index contributed by atoms with van der Waals surface area (Å²) in [6, 6.07) is 11.7. The Morgan fingerprint density at radius 1 is 1.11 bits per heavy atom. The smallest absolute Gasteiger partial charge is 0.416 e. The molecule has 3 heterocycles. The molecule has 5 rings (SSSR count). The van der Waals surface area contributed by atoms with E-state index in [1.807, 2.05) is 13.0 Å². The second-order valence-electron chi connectivity index (χ2n) is 7.34. The third-order valence-electron chi connectivity index (χ3n) is 5.04. The van der Waals surface area contributed by atoms with E-state index >= 15 is 0 Å². The molecule has 0 bridgehead atoms. The summed E-state index contributed by atoms with van der Waals surface area (Å²) in [6.07, 6.45) is -3.22. The van der Waals surface area contributed by atoms with Crippen molar-refractivity contribution >= 4 is 11.2 Å². The molecule has 0 spiro atoms. The molecule has 0 aliphatic heterocycles. The number of benzene rings is 2. The van der Waals surface area contributed by atoms with Crippen LogP contribution < -0.4 is 10.3 Å². The normalized spacial score (nSPS) is 11.8. The van der Waals surface area contributed by atoms with Crippen LogP contribution in [0, 0.1) is 0 Å². The number of hydrogen-bond acceptors (Lipinski definition) is 8. The molecule has 0 saturated carbocycles. The zero-order valence-corrected chi connectivity index (χ0v) is 18.1. The van der Waals surface area contributed by atoms with Crippen LogP contribution in [0.1, 0.15) is 18.4 Å². The van der Waals surface area contributed by atoms with E-state index in [0.29, 0.717) is 18.0 Å². The predicted molar refractivity (Wildman–Crippen MR) is 116 cm³/mol. The Bertz CT molecular complexity index is 1570. The Hall–Kier alpha value is -4.55. The van der Waals surface area contributed by atoms with Crippen molar-refractivity contribution in [1.29, 1.82) is 0 Å². The van der Waals surface area contributed by atoms with Gasteiger partial charge in [0.1, 0.15) is 24.3 Å². The van der Waals surface area contributed by atoms with Gasteiger partial charge in [-0.2, -0.15) is 22.8 Å². The highest BCUT2D eigenvalue weighted by Crippen LogP contribution is 2.31. The minimum absolute atomic E-state index is 0.00902. The molecule has 0 fully saturated rings. The summed E-state index contributed by atoms with van der Waals surface area (Å²) in [5, 5.41) is 11.8. The van der Waals surface area contributed by atoms with Crippen LogP contribution in [0.15, 0.2) is 64.2 Å². The number of hydrogen-bond donors (Lipinski definition) is 0. The second-order valence-corrected chi connectivity index (χ2v) is 7.34. The van der Waals surface area contributed by atoms with Crippen molar-refractivity contribution in [1.82, 2.24) is 34.7 Å². The Morgan fingerprint density at radius 2 is 1.94 bits per heavy atom. The molecule has 5 aromatic rings. The minimum Gasteiger partial charge on any atom is -0.492 e. The summed E-state index contributed by atoms with van der Waals surface area (Å²) in [6.45, 7) is 2.13. The number of rotatable bonds is 6. The van der Waals surface area contributed by atoms with Crippen LogP contribution in [0.5, 0.6) is 5.75 Å². The first-order valence-electron chi connectivity index (χ1n) is 10.4. The summed E-state index contributed by atoms with van der Waals surface area (Å²) in [5.74, 6) is 0.530. The fourth-order valence-corrected chi connectivity index (χ4v) is 3.45. The van der Waals surface area contributed by atoms with Crippen LogP contribution >= 0.6 is 0 Å². The van der Waals surface area contributed by atoms with Gasteiger partial charge in [0.15, 0.2) is 11.2 Å². The summed E-state index contributed by atoms with van der Waals surface area (Å²) >= 11 is 0. The van der Waals surface area contributed by atoms with Gasteiger partial charge in [0.2, 0.25) is 11.7 Å². The van der Waals surface area contributed by atoms with Crippen LogP contribution in [-0.4, -0.2) is 41.3 Å². The van der Waals surface area contributed by atoms with E-state index in [1.54, 1.807) is 18.2 Å². The lowest BCUT2D eigenvalue weighted by Gasteiger charge is -2.09. The van der Waals surface area contributed by atoms with E-state index in [2.05, 4.69) is 25.4 Å². The molecule has 0 aliphatic carbocycles. The molecule has 178 valence electrons. The first kappa shape index (κ1) is 22.3. The number of halogens is 3. The van der Waals surface area contributed by atoms with Gasteiger partial charge in [-0.05, 0) is 31.2 Å². The van der Waals surface area contributed by atoms with Crippen molar-refractivity contribution < 1.29 is 22.4 Å². The number of fused-ring (bicyclic) bond motifs is 1. The second kappa shape index (κ2) is 8.66. The Balaban J connectivity index is 1.45. The molecule has 35 heavy (non-hydrogen) atoms. The van der Waals surface area contributed by atoms with Crippen molar-refractivity contribution in [3.63, 3.8) is 0 Å². The van der Waals surface area contributed by atoms with Crippen molar-refractivity contribution in [3.05, 3.63) is 76.7 Å². The maximum atomic E-state index is 13.0. The average molecular weight is 483 g/mol. The maximum Gasteiger partial charge on any atom is 0.416 e. The van der Waals surface area contributed by atoms with Gasteiger partial charge in [0.25, 0.3) is 5.56 Å². The lowest BCUT2D eigenvalue weighted by atomic mass is 10.1. The molecule has 0 radical (unpaired) electrons. The molecule has 10 nitrogen and oxygen atoms in total. The highest BCUT2D eigenvalue weighted by atomic mass is 19.4. The van der Waals surface area contributed by atoms with Gasteiger partial charge in [-0.25, -0.2) is 4.98 Å². The van der Waals surface area contributed by atoms with Crippen LogP contribution in [0.25, 0.3) is 28.2 Å². The first-order valence-corrected chi connectivity index (χ1v) is 10.4. The zero-order valence-electron chi connectivity index (χ0n) is 18.1. The molecule has 0 amide bonds. The number of para-hydroxylation sites is 2. The van der Waals surface area contributed by atoms with Gasteiger partial charge in [-0.3, -0.25) is 9.36 Å². The molecule has 3 aromatic heterocycles. The van der Waals surface area contributed by atoms with Gasteiger partial charge in [-0.15, -0.1) is 5.10 Å². The maximum absolute atomic E-state index is 13.0. The lowest BCUT2D eigenvalue weighted by Crippen LogP contribution is -2.21. The van der Waals surface area contributed by atoms with Crippen molar-refractivity contribution in [3.8, 4) is 22.8 Å². The van der Waals surface area contributed by atoms with Crippen LogP contribution in [0.3, 0.4) is 0 Å². The van der Waals surface area contributed by atoms with E-state index in [9.17, 15) is 18.0 Å². The average Bonchev–Trinajstić information content (AvgIpc) is 3.49. The van der Waals surface area contributed by atoms with Gasteiger partial charge in [-0.1, -0.05) is 34.6 Å².